The molecule has 0 saturated heterocycles. The molecule has 1 unspecified atom stereocenters. The van der Waals surface area contributed by atoms with Crippen molar-refractivity contribution in [1.29, 1.82) is 0 Å². The SMILES string of the molecule is NC1CCCc2cc3c(cc21)CCNC3. The molecule has 0 bridgehead atoms. The number of nitrogens with one attached hydrogen (secondary N) is 1. The Morgan fingerprint density at radius 1 is 1.13 bits per heavy atom. The molecule has 2 heteroatoms. The van der Waals surface area contributed by atoms with Crippen LogP contribution in [0.5, 0.6) is 0 Å². The van der Waals surface area contributed by atoms with Crippen LogP contribution in [0.4, 0.5) is 0 Å². The summed E-state index contributed by atoms with van der Waals surface area (Å²) < 4.78 is 0. The minimum absolute atomic E-state index is 0.286. The van der Waals surface area contributed by atoms with Gasteiger partial charge in [0.25, 0.3) is 0 Å². The van der Waals surface area contributed by atoms with Crippen LogP contribution in [0.25, 0.3) is 0 Å². The van der Waals surface area contributed by atoms with Crippen LogP contribution >= 0.6 is 0 Å². The lowest BCUT2D eigenvalue weighted by Crippen LogP contribution is -2.25. The first-order chi connectivity index (χ1) is 7.34. The smallest absolute Gasteiger partial charge is 0.0297 e. The van der Waals surface area contributed by atoms with Crippen LogP contribution in [0.2, 0.25) is 0 Å². The highest BCUT2D eigenvalue weighted by Crippen LogP contribution is 2.31. The molecule has 2 aliphatic rings. The number of hydrogen-bond donors (Lipinski definition) is 2. The maximum Gasteiger partial charge on any atom is 0.0297 e. The van der Waals surface area contributed by atoms with E-state index in [0.717, 1.165) is 25.9 Å². The molecule has 1 aliphatic carbocycles. The third-order valence-electron chi connectivity index (χ3n) is 3.71. The Balaban J connectivity index is 2.08. The minimum atomic E-state index is 0.286. The van der Waals surface area contributed by atoms with Gasteiger partial charge in [0.2, 0.25) is 0 Å². The van der Waals surface area contributed by atoms with E-state index in [4.69, 9.17) is 5.73 Å². The Labute approximate surface area is 90.9 Å². The quantitative estimate of drug-likeness (QED) is 0.671. The third-order valence-corrected chi connectivity index (χ3v) is 3.71. The first kappa shape index (κ1) is 9.37. The van der Waals surface area contributed by atoms with E-state index in [1.165, 1.54) is 35.1 Å². The second-order valence-electron chi connectivity index (χ2n) is 4.75. The van der Waals surface area contributed by atoms with Crippen molar-refractivity contribution >= 4 is 0 Å². The molecular weight excluding hydrogens is 184 g/mol. The molecule has 1 aromatic carbocycles. The maximum atomic E-state index is 6.16. The van der Waals surface area contributed by atoms with Crippen molar-refractivity contribution in [2.75, 3.05) is 6.54 Å². The van der Waals surface area contributed by atoms with E-state index in [-0.39, 0.29) is 6.04 Å². The van der Waals surface area contributed by atoms with Crippen LogP contribution in [0.15, 0.2) is 12.1 Å². The van der Waals surface area contributed by atoms with E-state index in [9.17, 15) is 0 Å². The number of benzene rings is 1. The molecule has 1 aromatic rings. The number of nitrogens with two attached hydrogens (primary N) is 1. The molecule has 0 spiro atoms. The summed E-state index contributed by atoms with van der Waals surface area (Å²) in [5.41, 5.74) is 12.1. The van der Waals surface area contributed by atoms with Gasteiger partial charge in [0.1, 0.15) is 0 Å². The van der Waals surface area contributed by atoms with Crippen molar-refractivity contribution < 1.29 is 0 Å². The van der Waals surface area contributed by atoms with E-state index in [2.05, 4.69) is 17.4 Å². The van der Waals surface area contributed by atoms with E-state index in [1.54, 1.807) is 0 Å². The molecule has 0 amide bonds. The topological polar surface area (TPSA) is 38.0 Å². The second kappa shape index (κ2) is 3.62. The standard InChI is InChI=1S/C13H18N2/c14-13-3-1-2-10-6-11-8-15-5-4-9(11)7-12(10)13/h6-7,13,15H,1-5,8,14H2. The Hall–Kier alpha value is -0.860. The zero-order valence-corrected chi connectivity index (χ0v) is 9.05. The molecule has 2 nitrogen and oxygen atoms in total. The van der Waals surface area contributed by atoms with E-state index >= 15 is 0 Å². The van der Waals surface area contributed by atoms with Gasteiger partial charge in [-0.25, -0.2) is 0 Å². The predicted molar refractivity (Wildman–Crippen MR) is 61.7 cm³/mol. The molecule has 1 aliphatic heterocycles. The number of aryl methyl sites for hydroxylation is 1. The zero-order valence-electron chi connectivity index (χ0n) is 9.05. The largest absolute Gasteiger partial charge is 0.324 e. The average molecular weight is 202 g/mol. The highest BCUT2D eigenvalue weighted by Gasteiger charge is 2.19. The fourth-order valence-corrected chi connectivity index (χ4v) is 2.83. The van der Waals surface area contributed by atoms with Gasteiger partial charge in [-0.15, -0.1) is 0 Å². The van der Waals surface area contributed by atoms with Crippen molar-refractivity contribution in [3.63, 3.8) is 0 Å². The Morgan fingerprint density at radius 3 is 3.00 bits per heavy atom. The molecule has 3 rings (SSSR count). The van der Waals surface area contributed by atoms with Gasteiger partial charge < -0.3 is 11.1 Å². The van der Waals surface area contributed by atoms with Crippen molar-refractivity contribution in [3.8, 4) is 0 Å². The molecule has 0 saturated carbocycles. The highest BCUT2D eigenvalue weighted by atomic mass is 14.9. The van der Waals surface area contributed by atoms with E-state index < -0.39 is 0 Å². The van der Waals surface area contributed by atoms with Crippen LogP contribution < -0.4 is 11.1 Å². The van der Waals surface area contributed by atoms with Gasteiger partial charge in [0, 0.05) is 12.6 Å². The molecule has 0 aromatic heterocycles. The lowest BCUT2D eigenvalue weighted by Gasteiger charge is -2.26. The Kier molecular flexibility index (Phi) is 2.26. The normalized spacial score (nSPS) is 24.5. The first-order valence-corrected chi connectivity index (χ1v) is 5.95. The van der Waals surface area contributed by atoms with Crippen LogP contribution in [-0.4, -0.2) is 6.54 Å². The summed E-state index contributed by atoms with van der Waals surface area (Å²) in [4.78, 5) is 0. The van der Waals surface area contributed by atoms with Crippen LogP contribution in [0.1, 0.15) is 41.1 Å². The number of rotatable bonds is 0. The molecule has 0 radical (unpaired) electrons. The monoisotopic (exact) mass is 202 g/mol. The van der Waals surface area contributed by atoms with Gasteiger partial charge in [-0.3, -0.25) is 0 Å². The molecule has 1 atom stereocenters. The maximum absolute atomic E-state index is 6.16. The molecular formula is C13H18N2. The van der Waals surface area contributed by atoms with Gasteiger partial charge in [-0.2, -0.15) is 0 Å². The van der Waals surface area contributed by atoms with Crippen molar-refractivity contribution in [1.82, 2.24) is 5.32 Å². The molecule has 1 heterocycles. The molecule has 3 N–H and O–H groups in total. The fraction of sp³-hybridized carbons (Fsp3) is 0.538. The summed E-state index contributed by atoms with van der Waals surface area (Å²) >= 11 is 0. The Morgan fingerprint density at radius 2 is 2.07 bits per heavy atom. The lowest BCUT2D eigenvalue weighted by atomic mass is 9.84. The van der Waals surface area contributed by atoms with Gasteiger partial charge >= 0.3 is 0 Å². The van der Waals surface area contributed by atoms with Crippen molar-refractivity contribution in [2.45, 2.75) is 38.3 Å². The second-order valence-corrected chi connectivity index (χ2v) is 4.75. The summed E-state index contributed by atoms with van der Waals surface area (Å²) in [6, 6.07) is 5.04. The number of fused-ring (bicyclic) bond motifs is 2. The molecule has 15 heavy (non-hydrogen) atoms. The van der Waals surface area contributed by atoms with Gasteiger partial charge in [-0.05, 0) is 54.5 Å². The minimum Gasteiger partial charge on any atom is -0.324 e. The summed E-state index contributed by atoms with van der Waals surface area (Å²) in [7, 11) is 0. The zero-order chi connectivity index (χ0) is 10.3. The third kappa shape index (κ3) is 1.58. The predicted octanol–water partition coefficient (Wildman–Crippen LogP) is 1.67. The van der Waals surface area contributed by atoms with Crippen LogP contribution in [0.3, 0.4) is 0 Å². The van der Waals surface area contributed by atoms with Gasteiger partial charge in [0.15, 0.2) is 0 Å². The highest BCUT2D eigenvalue weighted by molar-refractivity contribution is 5.42. The average Bonchev–Trinajstić information content (AvgIpc) is 2.27. The van der Waals surface area contributed by atoms with Gasteiger partial charge in [0.05, 0.1) is 0 Å². The van der Waals surface area contributed by atoms with Crippen LogP contribution in [0, 0.1) is 0 Å². The van der Waals surface area contributed by atoms with E-state index in [1.807, 2.05) is 0 Å². The molecule has 0 fully saturated rings. The van der Waals surface area contributed by atoms with E-state index in [0.29, 0.717) is 0 Å². The summed E-state index contributed by atoms with van der Waals surface area (Å²) in [5, 5.41) is 3.43. The molecule has 80 valence electrons. The summed E-state index contributed by atoms with van der Waals surface area (Å²) in [5.74, 6) is 0. The lowest BCUT2D eigenvalue weighted by molar-refractivity contribution is 0.564. The fourth-order valence-electron chi connectivity index (χ4n) is 2.83. The Bertz CT molecular complexity index is 384. The number of hydrogen-bond acceptors (Lipinski definition) is 2. The van der Waals surface area contributed by atoms with Gasteiger partial charge in [-0.1, -0.05) is 12.1 Å². The summed E-state index contributed by atoms with van der Waals surface area (Å²) in [6.07, 6.45) is 4.79. The summed E-state index contributed by atoms with van der Waals surface area (Å²) in [6.45, 7) is 2.15. The van der Waals surface area contributed by atoms with Crippen molar-refractivity contribution in [3.05, 3.63) is 34.4 Å². The first-order valence-electron chi connectivity index (χ1n) is 5.95. The van der Waals surface area contributed by atoms with Crippen molar-refractivity contribution in [2.24, 2.45) is 5.73 Å². The van der Waals surface area contributed by atoms with Crippen LogP contribution in [-0.2, 0) is 19.4 Å².